The van der Waals surface area contributed by atoms with Crippen molar-refractivity contribution in [2.24, 2.45) is 5.92 Å². The second kappa shape index (κ2) is 8.10. The molecule has 0 aromatic rings. The maximum absolute atomic E-state index is 5.56. The van der Waals surface area contributed by atoms with E-state index in [-0.39, 0.29) is 0 Å². The van der Waals surface area contributed by atoms with Gasteiger partial charge in [-0.25, -0.2) is 0 Å². The minimum Gasteiger partial charge on any atom is -0.382 e. The highest BCUT2D eigenvalue weighted by Gasteiger charge is 2.28. The number of ether oxygens (including phenoxy) is 2. The predicted octanol–water partition coefficient (Wildman–Crippen LogP) is 1.11. The summed E-state index contributed by atoms with van der Waals surface area (Å²) in [5.74, 6) is 0.861. The number of hydrogen-bond acceptors (Lipinski definition) is 4. The maximum atomic E-state index is 5.56. The van der Waals surface area contributed by atoms with Crippen molar-refractivity contribution in [1.29, 1.82) is 0 Å². The van der Waals surface area contributed by atoms with Crippen LogP contribution in [0, 0.1) is 5.92 Å². The molecule has 0 bridgehead atoms. The predicted molar refractivity (Wildman–Crippen MR) is 72.9 cm³/mol. The number of likely N-dealkylation sites (tertiary alicyclic amines) is 1. The van der Waals surface area contributed by atoms with Gasteiger partial charge in [-0.05, 0) is 44.7 Å². The highest BCUT2D eigenvalue weighted by Crippen LogP contribution is 2.24. The van der Waals surface area contributed by atoms with Gasteiger partial charge in [0.25, 0.3) is 0 Å². The van der Waals surface area contributed by atoms with Crippen LogP contribution in [0.1, 0.15) is 25.7 Å². The summed E-state index contributed by atoms with van der Waals surface area (Å²) in [7, 11) is 1.72. The van der Waals surface area contributed by atoms with Crippen LogP contribution in [0.15, 0.2) is 0 Å². The Morgan fingerprint density at radius 1 is 1.17 bits per heavy atom. The summed E-state index contributed by atoms with van der Waals surface area (Å²) in [4.78, 5) is 2.57. The molecule has 0 amide bonds. The highest BCUT2D eigenvalue weighted by molar-refractivity contribution is 4.86. The molecule has 2 rings (SSSR count). The highest BCUT2D eigenvalue weighted by atomic mass is 16.5. The number of hydrogen-bond donors (Lipinski definition) is 1. The number of methoxy groups -OCH3 is 1. The summed E-state index contributed by atoms with van der Waals surface area (Å²) in [6, 6.07) is 0.780. The molecule has 0 saturated carbocycles. The van der Waals surface area contributed by atoms with Crippen LogP contribution in [0.5, 0.6) is 0 Å². The van der Waals surface area contributed by atoms with Crippen molar-refractivity contribution in [3.05, 3.63) is 0 Å². The second-order valence-corrected chi connectivity index (χ2v) is 5.51. The molecule has 2 aliphatic heterocycles. The molecule has 2 atom stereocenters. The van der Waals surface area contributed by atoms with E-state index >= 15 is 0 Å². The molecule has 2 heterocycles. The lowest BCUT2D eigenvalue weighted by molar-refractivity contribution is 0.0472. The number of nitrogens with zero attached hydrogens (tertiary/aromatic N) is 1. The van der Waals surface area contributed by atoms with Crippen LogP contribution in [-0.4, -0.2) is 64.1 Å². The molecule has 0 aromatic heterocycles. The summed E-state index contributed by atoms with van der Waals surface area (Å²) in [6.07, 6.45) is 5.49. The van der Waals surface area contributed by atoms with Crippen LogP contribution in [0.25, 0.3) is 0 Å². The third kappa shape index (κ3) is 4.50. The van der Waals surface area contributed by atoms with E-state index in [0.717, 1.165) is 31.7 Å². The molecule has 0 spiro atoms. The molecule has 0 aliphatic carbocycles. The molecule has 1 N–H and O–H groups in total. The van der Waals surface area contributed by atoms with Crippen LogP contribution in [0.4, 0.5) is 0 Å². The van der Waals surface area contributed by atoms with Gasteiger partial charge >= 0.3 is 0 Å². The van der Waals surface area contributed by atoms with E-state index in [2.05, 4.69) is 10.2 Å². The van der Waals surface area contributed by atoms with Crippen molar-refractivity contribution in [3.8, 4) is 0 Å². The Morgan fingerprint density at radius 3 is 2.89 bits per heavy atom. The van der Waals surface area contributed by atoms with E-state index in [1.165, 1.54) is 45.3 Å². The topological polar surface area (TPSA) is 33.7 Å². The molecule has 0 radical (unpaired) electrons. The van der Waals surface area contributed by atoms with Crippen LogP contribution < -0.4 is 5.32 Å². The maximum Gasteiger partial charge on any atom is 0.0700 e. The van der Waals surface area contributed by atoms with Gasteiger partial charge in [-0.2, -0.15) is 0 Å². The average molecular weight is 256 g/mol. The average Bonchev–Trinajstić information content (AvgIpc) is 2.93. The van der Waals surface area contributed by atoms with E-state index in [9.17, 15) is 0 Å². The minimum absolute atomic E-state index is 0.703. The Bertz CT molecular complexity index is 220. The SMILES string of the molecule is COCCOCCN1CCCC(C2CCCN2)C1. The summed E-state index contributed by atoms with van der Waals surface area (Å²) < 4.78 is 10.5. The molecule has 2 saturated heterocycles. The Labute approximate surface area is 111 Å². The van der Waals surface area contributed by atoms with Crippen molar-refractivity contribution in [3.63, 3.8) is 0 Å². The lowest BCUT2D eigenvalue weighted by atomic mass is 9.90. The standard InChI is InChI=1S/C14H28N2O2/c1-17-10-11-18-9-8-16-7-3-4-13(12-16)14-5-2-6-15-14/h13-15H,2-12H2,1H3. The number of nitrogens with one attached hydrogen (secondary N) is 1. The third-order valence-electron chi connectivity index (χ3n) is 4.19. The van der Waals surface area contributed by atoms with E-state index in [1.807, 2.05) is 0 Å². The molecule has 2 aliphatic rings. The first-order chi connectivity index (χ1) is 8.90. The smallest absolute Gasteiger partial charge is 0.0700 e. The number of piperidine rings is 1. The van der Waals surface area contributed by atoms with Crippen LogP contribution in [0.2, 0.25) is 0 Å². The van der Waals surface area contributed by atoms with Crippen LogP contribution >= 0.6 is 0 Å². The lowest BCUT2D eigenvalue weighted by Gasteiger charge is -2.35. The lowest BCUT2D eigenvalue weighted by Crippen LogP contribution is -2.44. The summed E-state index contributed by atoms with van der Waals surface area (Å²) in [6.45, 7) is 7.07. The molecule has 106 valence electrons. The molecule has 2 fully saturated rings. The van der Waals surface area contributed by atoms with E-state index in [1.54, 1.807) is 7.11 Å². The molecule has 4 nitrogen and oxygen atoms in total. The van der Waals surface area contributed by atoms with E-state index < -0.39 is 0 Å². The van der Waals surface area contributed by atoms with E-state index in [4.69, 9.17) is 9.47 Å². The van der Waals surface area contributed by atoms with Gasteiger partial charge in [0, 0.05) is 26.2 Å². The quantitative estimate of drug-likeness (QED) is 0.692. The van der Waals surface area contributed by atoms with Gasteiger partial charge in [0.15, 0.2) is 0 Å². The summed E-state index contributed by atoms with van der Waals surface area (Å²) in [5.41, 5.74) is 0. The molecule has 4 heteroatoms. The first-order valence-electron chi connectivity index (χ1n) is 7.42. The van der Waals surface area contributed by atoms with E-state index in [0.29, 0.717) is 6.61 Å². The molecule has 2 unspecified atom stereocenters. The number of rotatable bonds is 7. The molecule has 18 heavy (non-hydrogen) atoms. The zero-order chi connectivity index (χ0) is 12.6. The second-order valence-electron chi connectivity index (χ2n) is 5.51. The van der Waals surface area contributed by atoms with Gasteiger partial charge in [0.1, 0.15) is 0 Å². The fourth-order valence-corrected chi connectivity index (χ4v) is 3.17. The molecule has 0 aromatic carbocycles. The Hall–Kier alpha value is -0.160. The fourth-order valence-electron chi connectivity index (χ4n) is 3.17. The van der Waals surface area contributed by atoms with Crippen molar-refractivity contribution in [2.45, 2.75) is 31.7 Å². The molecular formula is C14H28N2O2. The van der Waals surface area contributed by atoms with Crippen molar-refractivity contribution in [2.75, 3.05) is 53.1 Å². The minimum atomic E-state index is 0.703. The fraction of sp³-hybridized carbons (Fsp3) is 1.00. The van der Waals surface area contributed by atoms with Crippen molar-refractivity contribution < 1.29 is 9.47 Å². The van der Waals surface area contributed by atoms with Crippen molar-refractivity contribution in [1.82, 2.24) is 10.2 Å². The zero-order valence-electron chi connectivity index (χ0n) is 11.7. The Morgan fingerprint density at radius 2 is 2.11 bits per heavy atom. The zero-order valence-corrected chi connectivity index (χ0v) is 11.7. The molecular weight excluding hydrogens is 228 g/mol. The Balaban J connectivity index is 1.60. The van der Waals surface area contributed by atoms with Crippen LogP contribution in [-0.2, 0) is 9.47 Å². The van der Waals surface area contributed by atoms with Gasteiger partial charge < -0.3 is 19.7 Å². The first-order valence-corrected chi connectivity index (χ1v) is 7.42. The Kier molecular flexibility index (Phi) is 6.41. The monoisotopic (exact) mass is 256 g/mol. The summed E-state index contributed by atoms with van der Waals surface area (Å²) in [5, 5.41) is 3.66. The van der Waals surface area contributed by atoms with Gasteiger partial charge in [-0.1, -0.05) is 0 Å². The first kappa shape index (κ1) is 14.3. The normalized spacial score (nSPS) is 29.8. The van der Waals surface area contributed by atoms with Gasteiger partial charge in [0.2, 0.25) is 0 Å². The van der Waals surface area contributed by atoms with Crippen molar-refractivity contribution >= 4 is 0 Å². The van der Waals surface area contributed by atoms with Gasteiger partial charge in [-0.3, -0.25) is 0 Å². The third-order valence-corrected chi connectivity index (χ3v) is 4.19. The van der Waals surface area contributed by atoms with Gasteiger partial charge in [0.05, 0.1) is 19.8 Å². The largest absolute Gasteiger partial charge is 0.382 e. The summed E-state index contributed by atoms with van der Waals surface area (Å²) >= 11 is 0. The van der Waals surface area contributed by atoms with Gasteiger partial charge in [-0.15, -0.1) is 0 Å². The van der Waals surface area contributed by atoms with Crippen LogP contribution in [0.3, 0.4) is 0 Å².